The molecule has 118 valence electrons. The van der Waals surface area contributed by atoms with Gasteiger partial charge in [-0.05, 0) is 43.7 Å². The van der Waals surface area contributed by atoms with Crippen molar-refractivity contribution in [1.82, 2.24) is 10.6 Å². The van der Waals surface area contributed by atoms with Crippen LogP contribution in [0.15, 0.2) is 22.7 Å². The number of unbranched alkanes of at least 4 members (excludes halogenated alkanes) is 1. The Hall–Kier alpha value is -1.07. The number of hydrogen-bond acceptors (Lipinski definition) is 3. The summed E-state index contributed by atoms with van der Waals surface area (Å²) in [6.45, 7) is 8.32. The topological polar surface area (TPSA) is 50.4 Å². The first kappa shape index (κ1) is 18.0. The minimum atomic E-state index is -0.491. The van der Waals surface area contributed by atoms with Crippen molar-refractivity contribution in [1.29, 1.82) is 0 Å². The standard InChI is InChI=1S/C16H25BrN2O2/c1-4-6-9-19-16(20)12(3)21-14-7-8-15(17)13(10-14)11-18-5-2/h7-8,10,12,18H,4-6,9,11H2,1-3H3,(H,19,20). The fourth-order valence-corrected chi connectivity index (χ4v) is 2.20. The molecule has 0 fully saturated rings. The molecule has 5 heteroatoms. The summed E-state index contributed by atoms with van der Waals surface area (Å²) in [4.78, 5) is 11.9. The molecule has 1 amide bonds. The number of amides is 1. The van der Waals surface area contributed by atoms with Gasteiger partial charge in [-0.2, -0.15) is 0 Å². The molecular formula is C16H25BrN2O2. The van der Waals surface area contributed by atoms with Crippen molar-refractivity contribution >= 4 is 21.8 Å². The summed E-state index contributed by atoms with van der Waals surface area (Å²) < 4.78 is 6.76. The SMILES string of the molecule is CCCCNC(=O)C(C)Oc1ccc(Br)c(CNCC)c1. The molecule has 2 N–H and O–H groups in total. The van der Waals surface area contributed by atoms with Crippen LogP contribution in [-0.2, 0) is 11.3 Å². The molecule has 4 nitrogen and oxygen atoms in total. The maximum Gasteiger partial charge on any atom is 0.260 e. The maximum absolute atomic E-state index is 11.9. The second-order valence-corrected chi connectivity index (χ2v) is 5.79. The monoisotopic (exact) mass is 356 g/mol. The maximum atomic E-state index is 11.9. The lowest BCUT2D eigenvalue weighted by molar-refractivity contribution is -0.127. The lowest BCUT2D eigenvalue weighted by Gasteiger charge is -2.16. The van der Waals surface area contributed by atoms with E-state index < -0.39 is 6.10 Å². The average molecular weight is 357 g/mol. The predicted octanol–water partition coefficient (Wildman–Crippen LogP) is 3.24. The van der Waals surface area contributed by atoms with Gasteiger partial charge in [-0.25, -0.2) is 0 Å². The van der Waals surface area contributed by atoms with Gasteiger partial charge >= 0.3 is 0 Å². The molecule has 0 aromatic heterocycles. The molecule has 1 rings (SSSR count). The smallest absolute Gasteiger partial charge is 0.260 e. The molecule has 0 spiro atoms. The Balaban J connectivity index is 2.58. The Morgan fingerprint density at radius 1 is 1.38 bits per heavy atom. The summed E-state index contributed by atoms with van der Waals surface area (Å²) in [5.74, 6) is 0.642. The second-order valence-electron chi connectivity index (χ2n) is 4.94. The zero-order valence-corrected chi connectivity index (χ0v) is 14.6. The van der Waals surface area contributed by atoms with Crippen molar-refractivity contribution in [2.24, 2.45) is 0 Å². The van der Waals surface area contributed by atoms with E-state index in [4.69, 9.17) is 4.74 Å². The van der Waals surface area contributed by atoms with Crippen LogP contribution in [0.1, 0.15) is 39.2 Å². The molecule has 0 saturated heterocycles. The van der Waals surface area contributed by atoms with Gasteiger partial charge in [0.05, 0.1) is 0 Å². The number of halogens is 1. The molecule has 0 aliphatic heterocycles. The Morgan fingerprint density at radius 2 is 2.14 bits per heavy atom. The molecule has 0 heterocycles. The van der Waals surface area contributed by atoms with Gasteiger partial charge in [-0.1, -0.05) is 36.2 Å². The number of benzene rings is 1. The molecule has 0 saturated carbocycles. The first-order chi connectivity index (χ1) is 10.1. The molecule has 21 heavy (non-hydrogen) atoms. The van der Waals surface area contributed by atoms with Crippen molar-refractivity contribution in [2.45, 2.75) is 46.3 Å². The third-order valence-corrected chi connectivity index (χ3v) is 3.87. The Morgan fingerprint density at radius 3 is 2.81 bits per heavy atom. The van der Waals surface area contributed by atoms with Crippen LogP contribution in [-0.4, -0.2) is 25.1 Å². The van der Waals surface area contributed by atoms with E-state index in [1.807, 2.05) is 18.2 Å². The highest BCUT2D eigenvalue weighted by Crippen LogP contribution is 2.23. The highest BCUT2D eigenvalue weighted by Gasteiger charge is 2.14. The Labute approximate surface area is 135 Å². The van der Waals surface area contributed by atoms with E-state index in [1.165, 1.54) is 0 Å². The normalized spacial score (nSPS) is 12.0. The lowest BCUT2D eigenvalue weighted by Crippen LogP contribution is -2.36. The molecule has 0 aliphatic carbocycles. The zero-order chi connectivity index (χ0) is 15.7. The van der Waals surface area contributed by atoms with Crippen molar-refractivity contribution in [3.63, 3.8) is 0 Å². The van der Waals surface area contributed by atoms with Crippen molar-refractivity contribution in [3.05, 3.63) is 28.2 Å². The van der Waals surface area contributed by atoms with Crippen LogP contribution < -0.4 is 15.4 Å². The summed E-state index contributed by atoms with van der Waals surface area (Å²) in [5.41, 5.74) is 1.12. The van der Waals surface area contributed by atoms with E-state index in [9.17, 15) is 4.79 Å². The van der Waals surface area contributed by atoms with Crippen LogP contribution in [0.25, 0.3) is 0 Å². The van der Waals surface area contributed by atoms with E-state index in [0.717, 1.165) is 36.0 Å². The number of nitrogens with one attached hydrogen (secondary N) is 2. The third-order valence-electron chi connectivity index (χ3n) is 3.09. The van der Waals surface area contributed by atoms with Gasteiger partial charge in [-0.3, -0.25) is 4.79 Å². The van der Waals surface area contributed by atoms with E-state index in [0.29, 0.717) is 12.3 Å². The van der Waals surface area contributed by atoms with E-state index in [-0.39, 0.29) is 5.91 Å². The molecule has 1 aromatic carbocycles. The molecule has 1 aromatic rings. The first-order valence-corrected chi connectivity index (χ1v) is 8.31. The highest BCUT2D eigenvalue weighted by atomic mass is 79.9. The molecule has 0 radical (unpaired) electrons. The third kappa shape index (κ3) is 6.48. The number of hydrogen-bond donors (Lipinski definition) is 2. The highest BCUT2D eigenvalue weighted by molar-refractivity contribution is 9.10. The van der Waals surface area contributed by atoms with Gasteiger partial charge in [-0.15, -0.1) is 0 Å². The molecular weight excluding hydrogens is 332 g/mol. The van der Waals surface area contributed by atoms with Gasteiger partial charge < -0.3 is 15.4 Å². The quantitative estimate of drug-likeness (QED) is 0.667. The van der Waals surface area contributed by atoms with Gasteiger partial charge in [0.2, 0.25) is 0 Å². The van der Waals surface area contributed by atoms with E-state index in [2.05, 4.69) is 40.4 Å². The van der Waals surface area contributed by atoms with Crippen molar-refractivity contribution in [3.8, 4) is 5.75 Å². The minimum absolute atomic E-state index is 0.0698. The van der Waals surface area contributed by atoms with Gasteiger partial charge in [0.25, 0.3) is 5.91 Å². The van der Waals surface area contributed by atoms with Crippen LogP contribution >= 0.6 is 15.9 Å². The molecule has 1 unspecified atom stereocenters. The summed E-state index contributed by atoms with van der Waals surface area (Å²) in [5, 5.41) is 6.16. The van der Waals surface area contributed by atoms with Crippen molar-refractivity contribution in [2.75, 3.05) is 13.1 Å². The van der Waals surface area contributed by atoms with Crippen LogP contribution in [0.3, 0.4) is 0 Å². The second kappa shape index (κ2) is 9.79. The zero-order valence-electron chi connectivity index (χ0n) is 13.0. The predicted molar refractivity (Wildman–Crippen MR) is 89.5 cm³/mol. The lowest BCUT2D eigenvalue weighted by atomic mass is 10.2. The number of ether oxygens (including phenoxy) is 1. The molecule has 0 aliphatic rings. The van der Waals surface area contributed by atoms with Gasteiger partial charge in [0, 0.05) is 17.6 Å². The Bertz CT molecular complexity index is 452. The summed E-state index contributed by atoms with van der Waals surface area (Å²) in [6, 6.07) is 5.78. The van der Waals surface area contributed by atoms with Crippen LogP contribution in [0.5, 0.6) is 5.75 Å². The fraction of sp³-hybridized carbons (Fsp3) is 0.562. The Kier molecular flexibility index (Phi) is 8.38. The number of carbonyl (C=O) groups excluding carboxylic acids is 1. The van der Waals surface area contributed by atoms with E-state index in [1.54, 1.807) is 6.92 Å². The van der Waals surface area contributed by atoms with E-state index >= 15 is 0 Å². The summed E-state index contributed by atoms with van der Waals surface area (Å²) in [7, 11) is 0. The summed E-state index contributed by atoms with van der Waals surface area (Å²) in [6.07, 6.45) is 1.56. The van der Waals surface area contributed by atoms with Gasteiger partial charge in [0.15, 0.2) is 6.10 Å². The van der Waals surface area contributed by atoms with Crippen LogP contribution in [0.4, 0.5) is 0 Å². The molecule has 0 bridgehead atoms. The van der Waals surface area contributed by atoms with Crippen LogP contribution in [0, 0.1) is 0 Å². The number of rotatable bonds is 9. The first-order valence-electron chi connectivity index (χ1n) is 7.52. The fourth-order valence-electron chi connectivity index (χ4n) is 1.81. The minimum Gasteiger partial charge on any atom is -0.481 e. The average Bonchev–Trinajstić information content (AvgIpc) is 2.47. The van der Waals surface area contributed by atoms with Crippen LogP contribution in [0.2, 0.25) is 0 Å². The molecule has 1 atom stereocenters. The summed E-state index contributed by atoms with van der Waals surface area (Å²) >= 11 is 3.52. The van der Waals surface area contributed by atoms with Crippen molar-refractivity contribution < 1.29 is 9.53 Å². The largest absolute Gasteiger partial charge is 0.481 e. The number of carbonyl (C=O) groups is 1. The van der Waals surface area contributed by atoms with Gasteiger partial charge in [0.1, 0.15) is 5.75 Å².